The largest absolute Gasteiger partial charge is 0.475 e. The number of alkyl halides is 3. The van der Waals surface area contributed by atoms with Crippen LogP contribution in [0.25, 0.3) is 10.6 Å². The van der Waals surface area contributed by atoms with Crippen LogP contribution in [0, 0.1) is 6.92 Å². The molecule has 3 aromatic rings. The molecule has 194 valence electrons. The quantitative estimate of drug-likeness (QED) is 0.270. The van der Waals surface area contributed by atoms with Crippen LogP contribution in [0.15, 0.2) is 42.5 Å². The zero-order valence-corrected chi connectivity index (χ0v) is 22.3. The smallest absolute Gasteiger partial charge is 0.416 e. The molecule has 0 saturated carbocycles. The van der Waals surface area contributed by atoms with Gasteiger partial charge in [-0.15, -0.1) is 11.3 Å². The van der Waals surface area contributed by atoms with E-state index in [4.69, 9.17) is 21.1 Å². The molecule has 0 amide bonds. The number of aromatic nitrogens is 1. The lowest BCUT2D eigenvalue weighted by molar-refractivity contribution is -0.158. The molecule has 0 unspecified atom stereocenters. The van der Waals surface area contributed by atoms with Gasteiger partial charge in [-0.3, -0.25) is 4.90 Å². The van der Waals surface area contributed by atoms with Crippen molar-refractivity contribution < 1.29 is 27.4 Å². The van der Waals surface area contributed by atoms with Crippen LogP contribution in [0.1, 0.15) is 42.5 Å². The summed E-state index contributed by atoms with van der Waals surface area (Å²) in [6.45, 7) is 8.33. The lowest BCUT2D eigenvalue weighted by Crippen LogP contribution is -2.39. The molecule has 5 nitrogen and oxygen atoms in total. The van der Waals surface area contributed by atoms with Crippen LogP contribution in [0.5, 0.6) is 5.75 Å². The van der Waals surface area contributed by atoms with Crippen LogP contribution in [0.2, 0.25) is 5.02 Å². The fourth-order valence-electron chi connectivity index (χ4n) is 3.46. The number of carbonyl (C=O) groups is 1. The third-order valence-corrected chi connectivity index (χ3v) is 6.83. The Hall–Kier alpha value is -2.62. The van der Waals surface area contributed by atoms with E-state index in [-0.39, 0.29) is 6.61 Å². The third kappa shape index (κ3) is 6.99. The zero-order chi connectivity index (χ0) is 26.7. The first kappa shape index (κ1) is 28.0. The number of ether oxygens (including phenoxy) is 2. The minimum Gasteiger partial charge on any atom is -0.475 e. The number of aryl methyl sites for hydroxylation is 1. The van der Waals surface area contributed by atoms with Crippen molar-refractivity contribution in [3.8, 4) is 16.3 Å². The molecular weight excluding hydrogens is 513 g/mol. The number of carbonyl (C=O) groups excluding carboxylic acids is 1. The highest BCUT2D eigenvalue weighted by Crippen LogP contribution is 2.34. The van der Waals surface area contributed by atoms with Crippen LogP contribution < -0.4 is 4.74 Å². The van der Waals surface area contributed by atoms with Crippen molar-refractivity contribution in [1.29, 1.82) is 0 Å². The summed E-state index contributed by atoms with van der Waals surface area (Å²) in [5.41, 5.74) is 0.586. The summed E-state index contributed by atoms with van der Waals surface area (Å²) in [7, 11) is 1.96. The van der Waals surface area contributed by atoms with E-state index in [0.717, 1.165) is 28.3 Å². The van der Waals surface area contributed by atoms with E-state index in [0.29, 0.717) is 34.4 Å². The second-order valence-electron chi connectivity index (χ2n) is 8.87. The number of thiazole rings is 1. The molecule has 1 heterocycles. The monoisotopic (exact) mass is 540 g/mol. The summed E-state index contributed by atoms with van der Waals surface area (Å²) < 4.78 is 49.4. The molecule has 0 spiro atoms. The minimum absolute atomic E-state index is 0.260. The van der Waals surface area contributed by atoms with Gasteiger partial charge in [-0.25, -0.2) is 9.78 Å². The van der Waals surface area contributed by atoms with Gasteiger partial charge in [0.1, 0.15) is 10.8 Å². The maximum absolute atomic E-state index is 12.8. The lowest BCUT2D eigenvalue weighted by atomic mass is 10.1. The summed E-state index contributed by atoms with van der Waals surface area (Å²) >= 11 is 7.88. The fraction of sp³-hybridized carbons (Fsp3) is 0.385. The SMILES string of the molecule is CCOC(=O)C(C)(C)Oc1ccc(CN(C)Cc2sc(-c3ccc(C(F)(F)F)cc3)nc2C)cc1Cl. The Morgan fingerprint density at radius 1 is 1.11 bits per heavy atom. The van der Waals surface area contributed by atoms with Gasteiger partial charge in [-0.05, 0) is 64.6 Å². The number of nitrogens with zero attached hydrogens (tertiary/aromatic N) is 2. The van der Waals surface area contributed by atoms with E-state index in [1.807, 2.05) is 20.0 Å². The molecule has 0 aliphatic rings. The van der Waals surface area contributed by atoms with Crippen molar-refractivity contribution in [2.45, 2.75) is 52.6 Å². The molecule has 0 saturated heterocycles. The molecule has 0 radical (unpaired) electrons. The summed E-state index contributed by atoms with van der Waals surface area (Å²) in [6, 6.07) is 10.4. The van der Waals surface area contributed by atoms with Crippen molar-refractivity contribution >= 4 is 28.9 Å². The van der Waals surface area contributed by atoms with Crippen molar-refractivity contribution in [2.24, 2.45) is 0 Å². The van der Waals surface area contributed by atoms with Crippen LogP contribution in [-0.4, -0.2) is 35.1 Å². The Morgan fingerprint density at radius 2 is 1.78 bits per heavy atom. The molecule has 2 aromatic carbocycles. The molecular formula is C26H28ClF3N2O3S. The standard InChI is InChI=1S/C26H28ClF3N2O3S/c1-6-34-24(33)25(3,4)35-21-12-7-17(13-20(21)27)14-32(5)15-22-16(2)31-23(36-22)18-8-10-19(11-9-18)26(28,29)30/h7-13H,6,14-15H2,1-5H3. The average molecular weight is 541 g/mol. The molecule has 10 heteroatoms. The number of hydrogen-bond acceptors (Lipinski definition) is 6. The molecule has 36 heavy (non-hydrogen) atoms. The molecule has 0 aliphatic carbocycles. The molecule has 3 rings (SSSR count). The van der Waals surface area contributed by atoms with Gasteiger partial charge in [-0.1, -0.05) is 29.8 Å². The fourth-order valence-corrected chi connectivity index (χ4v) is 4.85. The van der Waals surface area contributed by atoms with Gasteiger partial charge < -0.3 is 9.47 Å². The zero-order valence-electron chi connectivity index (χ0n) is 20.7. The van der Waals surface area contributed by atoms with Gasteiger partial charge in [-0.2, -0.15) is 13.2 Å². The Labute approximate surface area is 217 Å². The van der Waals surface area contributed by atoms with Crippen molar-refractivity contribution in [1.82, 2.24) is 9.88 Å². The van der Waals surface area contributed by atoms with Gasteiger partial charge in [0.2, 0.25) is 0 Å². The second kappa shape index (κ2) is 11.2. The first-order chi connectivity index (χ1) is 16.8. The molecule has 0 bridgehead atoms. The van der Waals surface area contributed by atoms with E-state index in [1.54, 1.807) is 32.9 Å². The first-order valence-corrected chi connectivity index (χ1v) is 12.5. The summed E-state index contributed by atoms with van der Waals surface area (Å²) in [4.78, 5) is 19.8. The van der Waals surface area contributed by atoms with Crippen LogP contribution in [-0.2, 0) is 28.8 Å². The number of benzene rings is 2. The van der Waals surface area contributed by atoms with E-state index < -0.39 is 23.3 Å². The summed E-state index contributed by atoms with van der Waals surface area (Å²) in [6.07, 6.45) is -4.37. The molecule has 0 atom stereocenters. The maximum atomic E-state index is 12.8. The number of rotatable bonds is 9. The average Bonchev–Trinajstić information content (AvgIpc) is 3.15. The van der Waals surface area contributed by atoms with Gasteiger partial charge in [0.05, 0.1) is 22.9 Å². The van der Waals surface area contributed by atoms with Gasteiger partial charge >= 0.3 is 12.1 Å². The van der Waals surface area contributed by atoms with Crippen LogP contribution in [0.3, 0.4) is 0 Å². The minimum atomic E-state index is -4.37. The predicted molar refractivity (Wildman–Crippen MR) is 135 cm³/mol. The Kier molecular flexibility index (Phi) is 8.69. The van der Waals surface area contributed by atoms with E-state index >= 15 is 0 Å². The van der Waals surface area contributed by atoms with Crippen molar-refractivity contribution in [3.63, 3.8) is 0 Å². The maximum Gasteiger partial charge on any atom is 0.416 e. The lowest BCUT2D eigenvalue weighted by Gasteiger charge is -2.25. The number of halogens is 4. The van der Waals surface area contributed by atoms with Crippen molar-refractivity contribution in [2.75, 3.05) is 13.7 Å². The highest BCUT2D eigenvalue weighted by Gasteiger charge is 2.32. The molecule has 1 aromatic heterocycles. The summed E-state index contributed by atoms with van der Waals surface area (Å²) in [5, 5.41) is 1.07. The highest BCUT2D eigenvalue weighted by atomic mass is 35.5. The van der Waals surface area contributed by atoms with E-state index in [9.17, 15) is 18.0 Å². The van der Waals surface area contributed by atoms with Gasteiger partial charge in [0.25, 0.3) is 0 Å². The highest BCUT2D eigenvalue weighted by molar-refractivity contribution is 7.15. The predicted octanol–water partition coefficient (Wildman–Crippen LogP) is 7.14. The second-order valence-corrected chi connectivity index (χ2v) is 10.4. The molecule has 0 N–H and O–H groups in total. The molecule has 0 fully saturated rings. The Bertz CT molecular complexity index is 1210. The third-order valence-electron chi connectivity index (χ3n) is 5.35. The normalized spacial score (nSPS) is 12.2. The van der Waals surface area contributed by atoms with Crippen LogP contribution >= 0.6 is 22.9 Å². The van der Waals surface area contributed by atoms with Crippen molar-refractivity contribution in [3.05, 3.63) is 69.2 Å². The number of hydrogen-bond donors (Lipinski definition) is 0. The van der Waals surface area contributed by atoms with Gasteiger partial charge in [0.15, 0.2) is 5.60 Å². The summed E-state index contributed by atoms with van der Waals surface area (Å²) in [5.74, 6) is -0.0823. The first-order valence-electron chi connectivity index (χ1n) is 11.3. The van der Waals surface area contributed by atoms with E-state index in [2.05, 4.69) is 9.88 Å². The Balaban J connectivity index is 1.66. The topological polar surface area (TPSA) is 51.7 Å². The molecule has 0 aliphatic heterocycles. The number of esters is 1. The van der Waals surface area contributed by atoms with Crippen LogP contribution in [0.4, 0.5) is 13.2 Å². The Morgan fingerprint density at radius 3 is 2.36 bits per heavy atom. The van der Waals surface area contributed by atoms with Gasteiger partial charge in [0, 0.05) is 23.5 Å². The van der Waals surface area contributed by atoms with E-state index in [1.165, 1.54) is 23.5 Å².